The van der Waals surface area contributed by atoms with Gasteiger partial charge < -0.3 is 4.52 Å². The van der Waals surface area contributed by atoms with Gasteiger partial charge in [-0.15, -0.1) is 6.42 Å². The van der Waals surface area contributed by atoms with Gasteiger partial charge in [0.1, 0.15) is 5.76 Å². The van der Waals surface area contributed by atoms with E-state index in [0.29, 0.717) is 11.6 Å². The van der Waals surface area contributed by atoms with Crippen LogP contribution >= 0.6 is 0 Å². The number of terminal acetylenes is 1. The highest BCUT2D eigenvalue weighted by Crippen LogP contribution is 2.05. The maximum absolute atomic E-state index is 10.6. The fourth-order valence-electron chi connectivity index (χ4n) is 0.578. The van der Waals surface area contributed by atoms with Crippen molar-refractivity contribution < 1.29 is 9.32 Å². The SMILES string of the molecule is C#CC(=O)Nc1cc(C)on1. The minimum Gasteiger partial charge on any atom is -0.360 e. The van der Waals surface area contributed by atoms with Crippen molar-refractivity contribution in [2.75, 3.05) is 5.32 Å². The largest absolute Gasteiger partial charge is 0.360 e. The van der Waals surface area contributed by atoms with Crippen molar-refractivity contribution in [1.29, 1.82) is 0 Å². The lowest BCUT2D eigenvalue weighted by Crippen LogP contribution is -2.07. The molecule has 1 aromatic heterocycles. The van der Waals surface area contributed by atoms with Crippen molar-refractivity contribution >= 4 is 11.7 Å². The number of hydrogen-bond acceptors (Lipinski definition) is 3. The van der Waals surface area contributed by atoms with E-state index < -0.39 is 5.91 Å². The Bertz CT molecular complexity index is 308. The molecule has 0 fully saturated rings. The summed E-state index contributed by atoms with van der Waals surface area (Å²) in [6, 6.07) is 1.58. The lowest BCUT2D eigenvalue weighted by molar-refractivity contribution is -0.111. The van der Waals surface area contributed by atoms with Gasteiger partial charge in [-0.05, 0) is 12.8 Å². The maximum Gasteiger partial charge on any atom is 0.301 e. The van der Waals surface area contributed by atoms with Gasteiger partial charge in [-0.25, -0.2) is 0 Å². The van der Waals surface area contributed by atoms with Crippen LogP contribution in [0.1, 0.15) is 5.76 Å². The number of carbonyl (C=O) groups excluding carboxylic acids is 1. The molecule has 0 aliphatic rings. The Kier molecular flexibility index (Phi) is 1.93. The van der Waals surface area contributed by atoms with Crippen molar-refractivity contribution in [3.8, 4) is 12.3 Å². The topological polar surface area (TPSA) is 55.1 Å². The molecule has 0 saturated carbocycles. The van der Waals surface area contributed by atoms with Gasteiger partial charge in [0.2, 0.25) is 0 Å². The van der Waals surface area contributed by atoms with E-state index >= 15 is 0 Å². The zero-order valence-corrected chi connectivity index (χ0v) is 5.92. The van der Waals surface area contributed by atoms with E-state index in [1.807, 2.05) is 5.92 Å². The van der Waals surface area contributed by atoms with Gasteiger partial charge in [-0.3, -0.25) is 10.1 Å². The number of amides is 1. The highest BCUT2D eigenvalue weighted by Gasteiger charge is 2.01. The normalized spacial score (nSPS) is 8.73. The molecule has 1 aromatic rings. The Morgan fingerprint density at radius 3 is 3.09 bits per heavy atom. The molecule has 11 heavy (non-hydrogen) atoms. The van der Waals surface area contributed by atoms with Gasteiger partial charge >= 0.3 is 5.91 Å². The second-order valence-electron chi connectivity index (χ2n) is 1.92. The van der Waals surface area contributed by atoms with Crippen molar-refractivity contribution in [1.82, 2.24) is 5.16 Å². The van der Waals surface area contributed by atoms with Crippen LogP contribution in [-0.2, 0) is 4.79 Å². The first-order chi connectivity index (χ1) is 5.22. The Morgan fingerprint density at radius 2 is 2.64 bits per heavy atom. The van der Waals surface area contributed by atoms with Crippen molar-refractivity contribution in [2.24, 2.45) is 0 Å². The first-order valence-electron chi connectivity index (χ1n) is 2.93. The summed E-state index contributed by atoms with van der Waals surface area (Å²) in [6.07, 6.45) is 4.81. The third-order valence-electron chi connectivity index (χ3n) is 1.00. The van der Waals surface area contributed by atoms with Gasteiger partial charge in [-0.2, -0.15) is 0 Å². The number of anilines is 1. The molecular weight excluding hydrogens is 144 g/mol. The average molecular weight is 150 g/mol. The smallest absolute Gasteiger partial charge is 0.301 e. The number of nitrogens with one attached hydrogen (secondary N) is 1. The molecule has 1 rings (SSSR count). The minimum absolute atomic E-state index is 0.338. The van der Waals surface area contributed by atoms with Crippen LogP contribution in [0, 0.1) is 19.3 Å². The summed E-state index contributed by atoms with van der Waals surface area (Å²) in [4.78, 5) is 10.6. The van der Waals surface area contributed by atoms with Crippen LogP contribution < -0.4 is 5.32 Å². The number of nitrogens with zero attached hydrogens (tertiary/aromatic N) is 1. The van der Waals surface area contributed by atoms with E-state index in [1.165, 1.54) is 0 Å². The lowest BCUT2D eigenvalue weighted by Gasteiger charge is -1.89. The maximum atomic E-state index is 10.6. The van der Waals surface area contributed by atoms with Gasteiger partial charge in [-0.1, -0.05) is 5.16 Å². The van der Waals surface area contributed by atoms with Crippen LogP contribution in [0.2, 0.25) is 0 Å². The fourth-order valence-corrected chi connectivity index (χ4v) is 0.578. The van der Waals surface area contributed by atoms with Crippen molar-refractivity contribution in [3.63, 3.8) is 0 Å². The predicted octanol–water partition coefficient (Wildman–Crippen LogP) is 0.555. The molecule has 4 heteroatoms. The van der Waals surface area contributed by atoms with Crippen LogP contribution in [0.25, 0.3) is 0 Å². The molecule has 0 spiro atoms. The van der Waals surface area contributed by atoms with Crippen molar-refractivity contribution in [3.05, 3.63) is 11.8 Å². The number of aryl methyl sites for hydroxylation is 1. The molecule has 1 heterocycles. The van der Waals surface area contributed by atoms with Gasteiger partial charge in [0.15, 0.2) is 5.82 Å². The summed E-state index contributed by atoms with van der Waals surface area (Å²) in [6.45, 7) is 1.72. The van der Waals surface area contributed by atoms with E-state index in [2.05, 4.69) is 15.0 Å². The van der Waals surface area contributed by atoms with Crippen LogP contribution in [0.5, 0.6) is 0 Å². The second-order valence-corrected chi connectivity index (χ2v) is 1.92. The molecule has 0 unspecified atom stereocenters. The molecule has 0 aromatic carbocycles. The molecule has 0 aliphatic heterocycles. The van der Waals surface area contributed by atoms with Crippen LogP contribution in [0.3, 0.4) is 0 Å². The quantitative estimate of drug-likeness (QED) is 0.595. The molecule has 0 bridgehead atoms. The monoisotopic (exact) mass is 150 g/mol. The summed E-state index contributed by atoms with van der Waals surface area (Å²) in [5, 5.41) is 5.83. The number of rotatable bonds is 1. The lowest BCUT2D eigenvalue weighted by atomic mass is 10.5. The molecule has 0 saturated heterocycles. The fraction of sp³-hybridized carbons (Fsp3) is 0.143. The van der Waals surface area contributed by atoms with E-state index in [4.69, 9.17) is 6.42 Å². The Labute approximate surface area is 63.6 Å². The summed E-state index contributed by atoms with van der Waals surface area (Å²) < 4.78 is 4.68. The summed E-state index contributed by atoms with van der Waals surface area (Å²) in [7, 11) is 0. The van der Waals surface area contributed by atoms with E-state index in [1.54, 1.807) is 13.0 Å². The molecule has 1 N–H and O–H groups in total. The number of carbonyl (C=O) groups is 1. The zero-order valence-electron chi connectivity index (χ0n) is 5.92. The van der Waals surface area contributed by atoms with Crippen LogP contribution in [-0.4, -0.2) is 11.1 Å². The molecular formula is C7H6N2O2. The molecule has 4 nitrogen and oxygen atoms in total. The summed E-state index contributed by atoms with van der Waals surface area (Å²) in [5.41, 5.74) is 0. The van der Waals surface area contributed by atoms with Crippen LogP contribution in [0.4, 0.5) is 5.82 Å². The van der Waals surface area contributed by atoms with Crippen LogP contribution in [0.15, 0.2) is 10.6 Å². The zero-order chi connectivity index (χ0) is 8.27. The third kappa shape index (κ3) is 1.83. The second kappa shape index (κ2) is 2.88. The first kappa shape index (κ1) is 7.35. The Morgan fingerprint density at radius 1 is 1.91 bits per heavy atom. The molecule has 0 atom stereocenters. The molecule has 0 radical (unpaired) electrons. The predicted molar refractivity (Wildman–Crippen MR) is 38.7 cm³/mol. The highest BCUT2D eigenvalue weighted by molar-refractivity contribution is 6.02. The van der Waals surface area contributed by atoms with Gasteiger partial charge in [0.25, 0.3) is 0 Å². The Hall–Kier alpha value is -1.76. The minimum atomic E-state index is -0.529. The molecule has 56 valence electrons. The molecule has 1 amide bonds. The summed E-state index contributed by atoms with van der Waals surface area (Å²) >= 11 is 0. The van der Waals surface area contributed by atoms with Gasteiger partial charge in [0, 0.05) is 6.07 Å². The van der Waals surface area contributed by atoms with E-state index in [0.717, 1.165) is 0 Å². The standard InChI is InChI=1S/C7H6N2O2/c1-3-7(10)8-6-4-5(2)11-9-6/h1,4H,2H3,(H,8,9,10). The highest BCUT2D eigenvalue weighted by atomic mass is 16.5. The third-order valence-corrected chi connectivity index (χ3v) is 1.00. The number of hydrogen-bond donors (Lipinski definition) is 1. The summed E-state index contributed by atoms with van der Waals surface area (Å²) in [5.74, 6) is 2.32. The molecule has 0 aliphatic carbocycles. The first-order valence-corrected chi connectivity index (χ1v) is 2.93. The number of aromatic nitrogens is 1. The Balaban J connectivity index is 2.66. The average Bonchev–Trinajstić information content (AvgIpc) is 2.35. The van der Waals surface area contributed by atoms with Crippen molar-refractivity contribution in [2.45, 2.75) is 6.92 Å². The van der Waals surface area contributed by atoms with Gasteiger partial charge in [0.05, 0.1) is 0 Å². The van der Waals surface area contributed by atoms with E-state index in [9.17, 15) is 4.79 Å². The van der Waals surface area contributed by atoms with E-state index in [-0.39, 0.29) is 0 Å².